The Bertz CT molecular complexity index is 320. The van der Waals surface area contributed by atoms with Crippen LogP contribution in [0, 0.1) is 11.8 Å². The first-order chi connectivity index (χ1) is 10.8. The predicted molar refractivity (Wildman–Crippen MR) is 95.2 cm³/mol. The largest absolute Gasteiger partial charge is 0.310 e. The third kappa shape index (κ3) is 4.06. The number of hydrogen-bond donors (Lipinski definition) is 1. The normalized spacial score (nSPS) is 33.5. The average molecular weight is 307 g/mol. The van der Waals surface area contributed by atoms with Crippen LogP contribution in [0.3, 0.4) is 0 Å². The second-order valence-corrected chi connectivity index (χ2v) is 8.33. The summed E-state index contributed by atoms with van der Waals surface area (Å²) in [6.45, 7) is 7.51. The van der Waals surface area contributed by atoms with Crippen molar-refractivity contribution in [1.29, 1.82) is 0 Å². The lowest BCUT2D eigenvalue weighted by Crippen LogP contribution is -2.56. The standard InChI is InChI=1S/C20H38N2/c1-3-16-13-19(21-18-11-6-5-7-12-18)15-22(14-16)20(4-2)17-9-8-10-17/h16-21H,3-15H2,1-2H3. The average Bonchev–Trinajstić information content (AvgIpc) is 2.51. The van der Waals surface area contributed by atoms with Gasteiger partial charge in [0.2, 0.25) is 0 Å². The number of hydrogen-bond acceptors (Lipinski definition) is 2. The van der Waals surface area contributed by atoms with Crippen molar-refractivity contribution < 1.29 is 0 Å². The highest BCUT2D eigenvalue weighted by molar-refractivity contribution is 4.92. The Hall–Kier alpha value is -0.0800. The van der Waals surface area contributed by atoms with Crippen LogP contribution in [0.5, 0.6) is 0 Å². The van der Waals surface area contributed by atoms with E-state index in [1.54, 1.807) is 0 Å². The lowest BCUT2D eigenvalue weighted by Gasteiger charge is -2.47. The summed E-state index contributed by atoms with van der Waals surface area (Å²) in [6.07, 6.45) is 15.8. The zero-order chi connectivity index (χ0) is 15.4. The lowest BCUT2D eigenvalue weighted by molar-refractivity contribution is 0.0361. The number of likely N-dealkylation sites (tertiary alicyclic amines) is 1. The molecule has 1 heterocycles. The van der Waals surface area contributed by atoms with Crippen molar-refractivity contribution in [2.24, 2.45) is 11.8 Å². The molecule has 3 atom stereocenters. The summed E-state index contributed by atoms with van der Waals surface area (Å²) in [6, 6.07) is 2.45. The van der Waals surface area contributed by atoms with E-state index < -0.39 is 0 Å². The number of piperidine rings is 1. The summed E-state index contributed by atoms with van der Waals surface area (Å²) in [5.74, 6) is 1.93. The van der Waals surface area contributed by atoms with Gasteiger partial charge in [-0.25, -0.2) is 0 Å². The Balaban J connectivity index is 1.58. The molecule has 2 heteroatoms. The summed E-state index contributed by atoms with van der Waals surface area (Å²) in [5, 5.41) is 4.06. The molecule has 0 spiro atoms. The minimum atomic E-state index is 0.760. The van der Waals surface area contributed by atoms with Crippen molar-refractivity contribution in [3.05, 3.63) is 0 Å². The molecule has 3 fully saturated rings. The van der Waals surface area contributed by atoms with Gasteiger partial charge < -0.3 is 5.32 Å². The number of rotatable bonds is 6. The maximum atomic E-state index is 4.06. The Labute approximate surface area is 138 Å². The fourth-order valence-corrected chi connectivity index (χ4v) is 5.24. The molecule has 128 valence electrons. The quantitative estimate of drug-likeness (QED) is 0.772. The van der Waals surface area contributed by atoms with Crippen LogP contribution in [0.15, 0.2) is 0 Å². The first kappa shape index (κ1) is 16.8. The van der Waals surface area contributed by atoms with Gasteiger partial charge in [0.1, 0.15) is 0 Å². The molecule has 0 aromatic carbocycles. The minimum Gasteiger partial charge on any atom is -0.310 e. The highest BCUT2D eigenvalue weighted by Gasteiger charge is 2.36. The van der Waals surface area contributed by atoms with E-state index in [0.29, 0.717) is 0 Å². The minimum absolute atomic E-state index is 0.760. The molecule has 22 heavy (non-hydrogen) atoms. The van der Waals surface area contributed by atoms with Crippen molar-refractivity contribution in [3.8, 4) is 0 Å². The van der Waals surface area contributed by atoms with Crippen LogP contribution >= 0.6 is 0 Å². The van der Waals surface area contributed by atoms with Crippen molar-refractivity contribution >= 4 is 0 Å². The third-order valence-electron chi connectivity index (χ3n) is 6.80. The molecular formula is C20H38N2. The van der Waals surface area contributed by atoms with Crippen LogP contribution in [0.1, 0.15) is 84.5 Å². The molecule has 3 unspecified atom stereocenters. The highest BCUT2D eigenvalue weighted by atomic mass is 15.2. The summed E-state index contributed by atoms with van der Waals surface area (Å²) in [4.78, 5) is 2.89. The van der Waals surface area contributed by atoms with Gasteiger partial charge in [0.15, 0.2) is 0 Å². The van der Waals surface area contributed by atoms with E-state index in [-0.39, 0.29) is 0 Å². The molecule has 1 aliphatic heterocycles. The van der Waals surface area contributed by atoms with Gasteiger partial charge >= 0.3 is 0 Å². The Morgan fingerprint density at radius 3 is 2.27 bits per heavy atom. The molecule has 2 nitrogen and oxygen atoms in total. The van der Waals surface area contributed by atoms with E-state index in [1.807, 2.05) is 0 Å². The molecule has 0 aromatic rings. The Kier molecular flexibility index (Phi) is 6.21. The van der Waals surface area contributed by atoms with Crippen molar-refractivity contribution in [1.82, 2.24) is 10.2 Å². The van der Waals surface area contributed by atoms with Gasteiger partial charge in [-0.1, -0.05) is 46.0 Å². The zero-order valence-electron chi connectivity index (χ0n) is 15.0. The van der Waals surface area contributed by atoms with E-state index in [4.69, 9.17) is 0 Å². The third-order valence-corrected chi connectivity index (χ3v) is 6.80. The maximum Gasteiger partial charge on any atom is 0.0200 e. The van der Waals surface area contributed by atoms with E-state index in [9.17, 15) is 0 Å². The monoisotopic (exact) mass is 306 g/mol. The maximum absolute atomic E-state index is 4.06. The van der Waals surface area contributed by atoms with Gasteiger partial charge in [-0.15, -0.1) is 0 Å². The molecule has 0 radical (unpaired) electrons. The summed E-state index contributed by atoms with van der Waals surface area (Å²) in [5.41, 5.74) is 0. The van der Waals surface area contributed by atoms with Crippen LogP contribution in [0.2, 0.25) is 0 Å². The molecule has 1 N–H and O–H groups in total. The molecular weight excluding hydrogens is 268 g/mol. The van der Waals surface area contributed by atoms with E-state index in [0.717, 1.165) is 30.0 Å². The van der Waals surface area contributed by atoms with Gasteiger partial charge in [0.25, 0.3) is 0 Å². The van der Waals surface area contributed by atoms with Crippen molar-refractivity contribution in [3.63, 3.8) is 0 Å². The van der Waals surface area contributed by atoms with Crippen LogP contribution in [0.25, 0.3) is 0 Å². The number of nitrogens with zero attached hydrogens (tertiary/aromatic N) is 1. The van der Waals surface area contributed by atoms with Gasteiger partial charge in [-0.05, 0) is 50.4 Å². The molecule has 2 saturated carbocycles. The smallest absolute Gasteiger partial charge is 0.0200 e. The van der Waals surface area contributed by atoms with Gasteiger partial charge in [-0.2, -0.15) is 0 Å². The molecule has 1 saturated heterocycles. The summed E-state index contributed by atoms with van der Waals surface area (Å²) in [7, 11) is 0. The lowest BCUT2D eigenvalue weighted by atomic mass is 9.77. The van der Waals surface area contributed by atoms with E-state index >= 15 is 0 Å². The molecule has 0 amide bonds. The zero-order valence-corrected chi connectivity index (χ0v) is 15.0. The first-order valence-electron chi connectivity index (χ1n) is 10.3. The fourth-order valence-electron chi connectivity index (χ4n) is 5.24. The molecule has 0 aromatic heterocycles. The molecule has 0 bridgehead atoms. The van der Waals surface area contributed by atoms with Crippen LogP contribution in [-0.4, -0.2) is 36.1 Å². The van der Waals surface area contributed by atoms with Gasteiger partial charge in [0, 0.05) is 31.2 Å². The van der Waals surface area contributed by atoms with Crippen LogP contribution < -0.4 is 5.32 Å². The topological polar surface area (TPSA) is 15.3 Å². The summed E-state index contributed by atoms with van der Waals surface area (Å²) >= 11 is 0. The summed E-state index contributed by atoms with van der Waals surface area (Å²) < 4.78 is 0. The second-order valence-electron chi connectivity index (χ2n) is 8.33. The SMILES string of the molecule is CCC1CC(NC2CCCCC2)CN(C(CC)C2CCC2)C1. The molecule has 3 rings (SSSR count). The van der Waals surface area contributed by atoms with Crippen molar-refractivity contribution in [2.75, 3.05) is 13.1 Å². The van der Waals surface area contributed by atoms with Crippen LogP contribution in [-0.2, 0) is 0 Å². The van der Waals surface area contributed by atoms with Gasteiger partial charge in [-0.3, -0.25) is 4.90 Å². The highest BCUT2D eigenvalue weighted by Crippen LogP contribution is 2.36. The van der Waals surface area contributed by atoms with E-state index in [2.05, 4.69) is 24.1 Å². The molecule has 3 aliphatic rings. The second kappa shape index (κ2) is 8.15. The Morgan fingerprint density at radius 2 is 1.68 bits per heavy atom. The van der Waals surface area contributed by atoms with Gasteiger partial charge in [0.05, 0.1) is 0 Å². The predicted octanol–water partition coefficient (Wildman–Crippen LogP) is 4.59. The van der Waals surface area contributed by atoms with E-state index in [1.165, 1.54) is 83.7 Å². The van der Waals surface area contributed by atoms with Crippen LogP contribution in [0.4, 0.5) is 0 Å². The fraction of sp³-hybridized carbons (Fsp3) is 1.00. The first-order valence-corrected chi connectivity index (χ1v) is 10.3. The molecule has 2 aliphatic carbocycles. The number of nitrogens with one attached hydrogen (secondary N) is 1. The van der Waals surface area contributed by atoms with Crippen molar-refractivity contribution in [2.45, 2.75) is 103 Å². The Morgan fingerprint density at radius 1 is 0.909 bits per heavy atom.